The van der Waals surface area contributed by atoms with E-state index in [1.807, 2.05) is 54.7 Å². The fraction of sp³-hybridized carbons (Fsp3) is 0.200. The molecule has 4 aromatic rings. The predicted octanol–water partition coefficient (Wildman–Crippen LogP) is 3.13. The number of tetrazole rings is 1. The molecule has 0 aliphatic carbocycles. The van der Waals surface area contributed by atoms with Crippen LogP contribution in [-0.4, -0.2) is 29.8 Å². The number of imidazole rings is 1. The Bertz CT molecular complexity index is 1390. The van der Waals surface area contributed by atoms with Crippen molar-refractivity contribution in [2.75, 3.05) is 0 Å². The summed E-state index contributed by atoms with van der Waals surface area (Å²) in [4.78, 5) is 12.9. The number of rotatable bonds is 6. The average molecular weight is 422 g/mol. The number of benzene rings is 2. The molecule has 2 heterocycles. The molecule has 158 valence electrons. The Morgan fingerprint density at radius 2 is 1.72 bits per heavy atom. The van der Waals surface area contributed by atoms with Crippen molar-refractivity contribution in [3.05, 3.63) is 76.5 Å². The summed E-state index contributed by atoms with van der Waals surface area (Å²) in [6.07, 6.45) is 2.38. The molecule has 2 aromatic carbocycles. The second-order valence-corrected chi connectivity index (χ2v) is 7.14. The third-order valence-electron chi connectivity index (χ3n) is 5.13. The smallest absolute Gasteiger partial charge is 0.291 e. The van der Waals surface area contributed by atoms with Gasteiger partial charge in [0.05, 0.1) is 25.2 Å². The molecule has 0 spiro atoms. The minimum Gasteiger partial charge on any atom is -0.291 e. The maximum Gasteiger partial charge on any atom is 0.329 e. The lowest BCUT2D eigenvalue weighted by atomic mass is 9.98. The molecule has 0 saturated carbocycles. The maximum absolute atomic E-state index is 12.9. The highest BCUT2D eigenvalue weighted by molar-refractivity contribution is 5.80. The molecule has 0 amide bonds. The van der Waals surface area contributed by atoms with E-state index < -0.39 is 0 Å². The molecule has 7 nitrogen and oxygen atoms in total. The van der Waals surface area contributed by atoms with Gasteiger partial charge in [0.1, 0.15) is 0 Å². The molecule has 0 aliphatic rings. The van der Waals surface area contributed by atoms with Gasteiger partial charge in [-0.05, 0) is 41.0 Å². The van der Waals surface area contributed by atoms with Gasteiger partial charge < -0.3 is 0 Å². The highest BCUT2D eigenvalue weighted by atomic mass is 16.1. The Labute approximate surface area is 186 Å². The van der Waals surface area contributed by atoms with Crippen molar-refractivity contribution in [2.45, 2.75) is 33.4 Å². The van der Waals surface area contributed by atoms with Gasteiger partial charge in [0.15, 0.2) is 5.82 Å². The van der Waals surface area contributed by atoms with E-state index in [9.17, 15) is 4.79 Å². The van der Waals surface area contributed by atoms with E-state index >= 15 is 0 Å². The zero-order valence-corrected chi connectivity index (χ0v) is 18.0. The van der Waals surface area contributed by atoms with E-state index in [0.717, 1.165) is 27.9 Å². The standard InChI is InChI=1S/C25H22N6O/c1-3-5-9-21-18-30(16-6-4-2)25(32)31(21)17-19-12-14-20(15-13-19)22-10-7-8-11-23(22)24-26-28-29-27-24/h7-8,10-15,18H,9,16-17H2,1-2H3,(H,26,27,28,29). The molecule has 0 aliphatic heterocycles. The summed E-state index contributed by atoms with van der Waals surface area (Å²) in [6.45, 7) is 4.42. The fourth-order valence-corrected chi connectivity index (χ4v) is 3.54. The number of aromatic amines is 1. The Balaban J connectivity index is 1.64. The van der Waals surface area contributed by atoms with Crippen molar-refractivity contribution in [2.24, 2.45) is 0 Å². The number of hydrogen-bond acceptors (Lipinski definition) is 4. The summed E-state index contributed by atoms with van der Waals surface area (Å²) in [5.74, 6) is 12.4. The minimum absolute atomic E-state index is 0.0760. The highest BCUT2D eigenvalue weighted by Crippen LogP contribution is 2.29. The molecule has 0 saturated heterocycles. The van der Waals surface area contributed by atoms with Gasteiger partial charge in [-0.2, -0.15) is 0 Å². The van der Waals surface area contributed by atoms with Crippen LogP contribution in [0.5, 0.6) is 0 Å². The lowest BCUT2D eigenvalue weighted by Crippen LogP contribution is -2.25. The molecule has 0 fully saturated rings. The normalized spacial score (nSPS) is 10.2. The summed E-state index contributed by atoms with van der Waals surface area (Å²) in [5, 5.41) is 14.2. The van der Waals surface area contributed by atoms with Crippen LogP contribution >= 0.6 is 0 Å². The molecule has 32 heavy (non-hydrogen) atoms. The average Bonchev–Trinajstić information content (AvgIpc) is 3.46. The Kier molecular flexibility index (Phi) is 6.29. The van der Waals surface area contributed by atoms with E-state index in [2.05, 4.69) is 44.3 Å². The van der Waals surface area contributed by atoms with Gasteiger partial charge in [0.25, 0.3) is 0 Å². The lowest BCUT2D eigenvalue weighted by molar-refractivity contribution is 0.685. The summed E-state index contributed by atoms with van der Waals surface area (Å²) < 4.78 is 3.41. The largest absolute Gasteiger partial charge is 0.329 e. The van der Waals surface area contributed by atoms with Crippen LogP contribution in [0.4, 0.5) is 0 Å². The molecule has 1 N–H and O–H groups in total. The van der Waals surface area contributed by atoms with Gasteiger partial charge in [0, 0.05) is 11.8 Å². The van der Waals surface area contributed by atoms with Crippen LogP contribution in [0.1, 0.15) is 25.1 Å². The second-order valence-electron chi connectivity index (χ2n) is 7.14. The number of nitrogens with one attached hydrogen (secondary N) is 1. The predicted molar refractivity (Wildman–Crippen MR) is 123 cm³/mol. The zero-order valence-electron chi connectivity index (χ0n) is 18.0. The van der Waals surface area contributed by atoms with Crippen molar-refractivity contribution in [1.82, 2.24) is 29.8 Å². The van der Waals surface area contributed by atoms with Gasteiger partial charge in [-0.15, -0.1) is 16.9 Å². The van der Waals surface area contributed by atoms with Crippen LogP contribution in [0.3, 0.4) is 0 Å². The molecule has 0 radical (unpaired) electrons. The number of H-pyrrole nitrogens is 1. The molecular weight excluding hydrogens is 400 g/mol. The van der Waals surface area contributed by atoms with E-state index in [1.54, 1.807) is 23.0 Å². The fourth-order valence-electron chi connectivity index (χ4n) is 3.54. The summed E-state index contributed by atoms with van der Waals surface area (Å²) >= 11 is 0. The van der Waals surface area contributed by atoms with Crippen LogP contribution < -0.4 is 5.69 Å². The van der Waals surface area contributed by atoms with Crippen molar-refractivity contribution >= 4 is 0 Å². The monoisotopic (exact) mass is 422 g/mol. The number of hydrogen-bond donors (Lipinski definition) is 1. The van der Waals surface area contributed by atoms with Gasteiger partial charge in [-0.3, -0.25) is 9.13 Å². The van der Waals surface area contributed by atoms with Gasteiger partial charge in [0.2, 0.25) is 0 Å². The Morgan fingerprint density at radius 3 is 2.41 bits per heavy atom. The third-order valence-corrected chi connectivity index (χ3v) is 5.13. The molecule has 2 aromatic heterocycles. The molecule has 7 heteroatoms. The topological polar surface area (TPSA) is 81.4 Å². The first kappa shape index (κ1) is 20.9. The van der Waals surface area contributed by atoms with Crippen LogP contribution in [0, 0.1) is 23.7 Å². The molecule has 0 unspecified atom stereocenters. The third kappa shape index (κ3) is 4.38. The molecule has 0 bridgehead atoms. The van der Waals surface area contributed by atoms with E-state index in [0.29, 0.717) is 25.3 Å². The van der Waals surface area contributed by atoms with Crippen LogP contribution in [0.2, 0.25) is 0 Å². The summed E-state index contributed by atoms with van der Waals surface area (Å²) in [5.41, 5.74) is 4.83. The first-order valence-electron chi connectivity index (χ1n) is 10.2. The maximum atomic E-state index is 12.9. The van der Waals surface area contributed by atoms with E-state index in [1.165, 1.54) is 0 Å². The zero-order chi connectivity index (χ0) is 22.3. The quantitative estimate of drug-likeness (QED) is 0.484. The van der Waals surface area contributed by atoms with Crippen LogP contribution in [-0.2, 0) is 19.5 Å². The van der Waals surface area contributed by atoms with Crippen molar-refractivity contribution in [3.8, 4) is 46.2 Å². The molecular formula is C25H22N6O. The van der Waals surface area contributed by atoms with Crippen LogP contribution in [0.25, 0.3) is 22.5 Å². The van der Waals surface area contributed by atoms with Crippen molar-refractivity contribution in [3.63, 3.8) is 0 Å². The van der Waals surface area contributed by atoms with Gasteiger partial charge in [-0.1, -0.05) is 60.4 Å². The minimum atomic E-state index is -0.0760. The summed E-state index contributed by atoms with van der Waals surface area (Å²) in [6, 6.07) is 16.1. The van der Waals surface area contributed by atoms with Gasteiger partial charge >= 0.3 is 5.69 Å². The SMILES string of the molecule is CC#CCc1cn(CC#CC)c(=O)n1Cc1ccc(-c2ccccc2-c2nnn[nH]2)cc1. The second kappa shape index (κ2) is 9.63. The Hall–Kier alpha value is -4.36. The highest BCUT2D eigenvalue weighted by Gasteiger charge is 2.12. The first-order valence-corrected chi connectivity index (χ1v) is 10.2. The van der Waals surface area contributed by atoms with E-state index in [4.69, 9.17) is 0 Å². The summed E-state index contributed by atoms with van der Waals surface area (Å²) in [7, 11) is 0. The van der Waals surface area contributed by atoms with Crippen molar-refractivity contribution < 1.29 is 0 Å². The van der Waals surface area contributed by atoms with Crippen molar-refractivity contribution in [1.29, 1.82) is 0 Å². The van der Waals surface area contributed by atoms with E-state index in [-0.39, 0.29) is 5.69 Å². The Morgan fingerprint density at radius 1 is 0.969 bits per heavy atom. The number of aromatic nitrogens is 6. The first-order chi connectivity index (χ1) is 15.7. The van der Waals surface area contributed by atoms with Crippen LogP contribution in [0.15, 0.2) is 59.5 Å². The lowest BCUT2D eigenvalue weighted by Gasteiger charge is -2.09. The van der Waals surface area contributed by atoms with Gasteiger partial charge in [-0.25, -0.2) is 9.89 Å². The molecule has 4 rings (SSSR count). The molecule has 0 atom stereocenters. The number of nitrogens with zero attached hydrogens (tertiary/aromatic N) is 5.